The van der Waals surface area contributed by atoms with Gasteiger partial charge in [0, 0.05) is 5.57 Å². The number of carbonyl (C=O) groups excluding carboxylic acids is 1. The van der Waals surface area contributed by atoms with E-state index >= 15 is 0 Å². The van der Waals surface area contributed by atoms with E-state index in [9.17, 15) is 14.4 Å². The fourth-order valence-corrected chi connectivity index (χ4v) is 1.48. The van der Waals surface area contributed by atoms with Crippen LogP contribution in [0.2, 0.25) is 0 Å². The van der Waals surface area contributed by atoms with Crippen molar-refractivity contribution in [2.75, 3.05) is 6.61 Å². The molecule has 0 aliphatic heterocycles. The summed E-state index contributed by atoms with van der Waals surface area (Å²) in [6.07, 6.45) is -0.382. The number of carboxylic acid groups (broad SMARTS) is 2. The van der Waals surface area contributed by atoms with Crippen molar-refractivity contribution in [1.29, 1.82) is 0 Å². The molecule has 0 radical (unpaired) electrons. The van der Waals surface area contributed by atoms with Gasteiger partial charge in [0.1, 0.15) is 0 Å². The molecule has 1 atom stereocenters. The van der Waals surface area contributed by atoms with Gasteiger partial charge in [0.2, 0.25) is 0 Å². The molecule has 0 rings (SSSR count). The summed E-state index contributed by atoms with van der Waals surface area (Å²) in [5.41, 5.74) is -1.19. The molecule has 0 amide bonds. The number of ether oxygens (including phenoxy) is 1. The average Bonchev–Trinajstić information content (AvgIpc) is 2.26. The van der Waals surface area contributed by atoms with Crippen LogP contribution in [0.1, 0.15) is 33.1 Å². The monoisotopic (exact) mass is 258 g/mol. The van der Waals surface area contributed by atoms with Gasteiger partial charge >= 0.3 is 17.9 Å². The maximum Gasteiger partial charge on any atom is 0.333 e. The minimum absolute atomic E-state index is 0.0375. The third-order valence-electron chi connectivity index (χ3n) is 2.78. The molecular weight excluding hydrogens is 240 g/mol. The molecule has 6 nitrogen and oxygen atoms in total. The van der Waals surface area contributed by atoms with Crippen molar-refractivity contribution in [1.82, 2.24) is 0 Å². The lowest BCUT2D eigenvalue weighted by Gasteiger charge is -2.25. The lowest BCUT2D eigenvalue weighted by atomic mass is 9.79. The number of hydrogen-bond donors (Lipinski definition) is 2. The van der Waals surface area contributed by atoms with Crippen molar-refractivity contribution < 1.29 is 29.3 Å². The van der Waals surface area contributed by atoms with Crippen LogP contribution in [-0.2, 0) is 19.1 Å². The number of hydrogen-bond acceptors (Lipinski definition) is 4. The van der Waals surface area contributed by atoms with E-state index in [0.717, 1.165) is 0 Å². The SMILES string of the molecule is C=C(C)C(=O)OCCC(CC)(CC(=O)O)C(=O)O. The molecule has 0 fully saturated rings. The lowest BCUT2D eigenvalue weighted by Crippen LogP contribution is -2.34. The van der Waals surface area contributed by atoms with Gasteiger partial charge in [-0.05, 0) is 19.8 Å². The Morgan fingerprint density at radius 3 is 2.17 bits per heavy atom. The van der Waals surface area contributed by atoms with Crippen LogP contribution in [0.5, 0.6) is 0 Å². The fourth-order valence-electron chi connectivity index (χ4n) is 1.48. The lowest BCUT2D eigenvalue weighted by molar-refractivity contribution is -0.158. The highest BCUT2D eigenvalue weighted by Gasteiger charge is 2.39. The number of esters is 1. The van der Waals surface area contributed by atoms with Crippen molar-refractivity contribution in [2.45, 2.75) is 33.1 Å². The summed E-state index contributed by atoms with van der Waals surface area (Å²) in [4.78, 5) is 33.0. The molecule has 2 N–H and O–H groups in total. The van der Waals surface area contributed by atoms with Crippen LogP contribution in [0, 0.1) is 5.41 Å². The number of rotatable bonds is 8. The minimum atomic E-state index is -1.40. The number of carbonyl (C=O) groups is 3. The molecule has 0 aromatic carbocycles. The Morgan fingerprint density at radius 1 is 1.28 bits per heavy atom. The highest BCUT2D eigenvalue weighted by molar-refractivity contribution is 5.87. The average molecular weight is 258 g/mol. The maximum atomic E-state index is 11.2. The summed E-state index contributed by atoms with van der Waals surface area (Å²) in [5, 5.41) is 17.9. The van der Waals surface area contributed by atoms with Crippen molar-refractivity contribution in [2.24, 2.45) is 5.41 Å². The number of carboxylic acids is 2. The maximum absolute atomic E-state index is 11.2. The van der Waals surface area contributed by atoms with Crippen molar-refractivity contribution in [3.63, 3.8) is 0 Å². The first-order valence-corrected chi connectivity index (χ1v) is 5.53. The van der Waals surface area contributed by atoms with Gasteiger partial charge in [-0.1, -0.05) is 13.5 Å². The molecule has 0 heterocycles. The highest BCUT2D eigenvalue weighted by atomic mass is 16.5. The first kappa shape index (κ1) is 16.1. The van der Waals surface area contributed by atoms with Crippen LogP contribution in [0.15, 0.2) is 12.2 Å². The zero-order valence-corrected chi connectivity index (χ0v) is 10.6. The van der Waals surface area contributed by atoms with E-state index < -0.39 is 29.7 Å². The summed E-state index contributed by atoms with van der Waals surface area (Å²) >= 11 is 0. The summed E-state index contributed by atoms with van der Waals surface area (Å²) in [6.45, 7) is 6.32. The zero-order valence-electron chi connectivity index (χ0n) is 10.6. The van der Waals surface area contributed by atoms with Gasteiger partial charge < -0.3 is 14.9 Å². The molecule has 0 aliphatic rings. The van der Waals surface area contributed by atoms with E-state index in [1.54, 1.807) is 6.92 Å². The standard InChI is InChI=1S/C12H18O6/c1-4-12(11(16)17,7-9(13)14)5-6-18-10(15)8(2)3/h2,4-7H2,1,3H3,(H,13,14)(H,16,17). The fraction of sp³-hybridized carbons (Fsp3) is 0.583. The largest absolute Gasteiger partial charge is 0.481 e. The topological polar surface area (TPSA) is 101 Å². The van der Waals surface area contributed by atoms with E-state index in [-0.39, 0.29) is 25.0 Å². The van der Waals surface area contributed by atoms with Crippen LogP contribution in [0.25, 0.3) is 0 Å². The highest BCUT2D eigenvalue weighted by Crippen LogP contribution is 2.31. The number of aliphatic carboxylic acids is 2. The molecule has 0 bridgehead atoms. The van der Waals surface area contributed by atoms with Gasteiger partial charge in [0.15, 0.2) is 0 Å². The minimum Gasteiger partial charge on any atom is -0.481 e. The summed E-state index contributed by atoms with van der Waals surface area (Å²) < 4.78 is 4.80. The Morgan fingerprint density at radius 2 is 1.83 bits per heavy atom. The second kappa shape index (κ2) is 6.78. The Hall–Kier alpha value is -1.85. The molecular formula is C12H18O6. The molecule has 0 saturated heterocycles. The van der Waals surface area contributed by atoms with Crippen LogP contribution in [0.3, 0.4) is 0 Å². The smallest absolute Gasteiger partial charge is 0.333 e. The Balaban J connectivity index is 4.61. The van der Waals surface area contributed by atoms with E-state index in [1.165, 1.54) is 6.92 Å². The van der Waals surface area contributed by atoms with Crippen LogP contribution in [0.4, 0.5) is 0 Å². The van der Waals surface area contributed by atoms with Crippen molar-refractivity contribution >= 4 is 17.9 Å². The molecule has 1 unspecified atom stereocenters. The van der Waals surface area contributed by atoms with Crippen molar-refractivity contribution in [3.05, 3.63) is 12.2 Å². The second-order valence-electron chi connectivity index (χ2n) is 4.18. The zero-order chi connectivity index (χ0) is 14.3. The third kappa shape index (κ3) is 4.57. The van der Waals surface area contributed by atoms with Crippen LogP contribution >= 0.6 is 0 Å². The van der Waals surface area contributed by atoms with Crippen LogP contribution in [-0.4, -0.2) is 34.7 Å². The van der Waals surface area contributed by atoms with Gasteiger partial charge in [-0.3, -0.25) is 9.59 Å². The summed E-state index contributed by atoms with van der Waals surface area (Å²) in [5.74, 6) is -3.00. The van der Waals surface area contributed by atoms with E-state index in [4.69, 9.17) is 14.9 Å². The molecule has 0 aromatic rings. The molecule has 0 aromatic heterocycles. The summed E-state index contributed by atoms with van der Waals surface area (Å²) in [7, 11) is 0. The molecule has 0 spiro atoms. The molecule has 18 heavy (non-hydrogen) atoms. The van der Waals surface area contributed by atoms with Crippen molar-refractivity contribution in [3.8, 4) is 0 Å². The first-order chi connectivity index (χ1) is 8.25. The Kier molecular flexibility index (Phi) is 6.08. The molecule has 0 saturated carbocycles. The first-order valence-electron chi connectivity index (χ1n) is 5.53. The van der Waals surface area contributed by atoms with Crippen LogP contribution < -0.4 is 0 Å². The third-order valence-corrected chi connectivity index (χ3v) is 2.78. The summed E-state index contributed by atoms with van der Waals surface area (Å²) in [6, 6.07) is 0. The van der Waals surface area contributed by atoms with Gasteiger partial charge in [-0.25, -0.2) is 4.79 Å². The molecule has 0 aliphatic carbocycles. The van der Waals surface area contributed by atoms with Gasteiger partial charge in [-0.15, -0.1) is 0 Å². The Labute approximate surface area is 105 Å². The molecule has 6 heteroatoms. The predicted molar refractivity (Wildman–Crippen MR) is 63.0 cm³/mol. The normalized spacial score (nSPS) is 13.4. The second-order valence-corrected chi connectivity index (χ2v) is 4.18. The van der Waals surface area contributed by atoms with Gasteiger partial charge in [0.25, 0.3) is 0 Å². The van der Waals surface area contributed by atoms with E-state index in [1.807, 2.05) is 0 Å². The predicted octanol–water partition coefficient (Wildman–Crippen LogP) is 1.45. The Bertz CT molecular complexity index is 360. The van der Waals surface area contributed by atoms with E-state index in [2.05, 4.69) is 6.58 Å². The van der Waals surface area contributed by atoms with E-state index in [0.29, 0.717) is 0 Å². The molecule has 102 valence electrons. The van der Waals surface area contributed by atoms with Gasteiger partial charge in [0.05, 0.1) is 18.4 Å². The van der Waals surface area contributed by atoms with Gasteiger partial charge in [-0.2, -0.15) is 0 Å². The quantitative estimate of drug-likeness (QED) is 0.504.